The molecule has 132 valence electrons. The molecule has 25 heavy (non-hydrogen) atoms. The van der Waals surface area contributed by atoms with Crippen molar-refractivity contribution in [3.8, 4) is 0 Å². The first-order chi connectivity index (χ1) is 12.1. The van der Waals surface area contributed by atoms with Crippen molar-refractivity contribution in [1.29, 1.82) is 0 Å². The van der Waals surface area contributed by atoms with Crippen molar-refractivity contribution in [3.05, 3.63) is 65.5 Å². The molecule has 0 aliphatic rings. The number of hydrogen-bond donors (Lipinski definition) is 2. The SMILES string of the molecule is CC(C)CCNC(=O)c1cncc(C(=O)NCCc2ccccc2)c1. The molecule has 0 saturated carbocycles. The Kier molecular flexibility index (Phi) is 7.14. The second-order valence-electron chi connectivity index (χ2n) is 6.39. The minimum Gasteiger partial charge on any atom is -0.352 e. The maximum atomic E-state index is 12.2. The number of amides is 2. The Morgan fingerprint density at radius 3 is 2.16 bits per heavy atom. The Labute approximate surface area is 148 Å². The van der Waals surface area contributed by atoms with Gasteiger partial charge in [-0.3, -0.25) is 14.6 Å². The fraction of sp³-hybridized carbons (Fsp3) is 0.350. The molecule has 0 unspecified atom stereocenters. The molecule has 0 spiro atoms. The summed E-state index contributed by atoms with van der Waals surface area (Å²) in [5.41, 5.74) is 1.96. The summed E-state index contributed by atoms with van der Waals surface area (Å²) < 4.78 is 0. The highest BCUT2D eigenvalue weighted by molar-refractivity contribution is 5.99. The van der Waals surface area contributed by atoms with E-state index in [-0.39, 0.29) is 11.8 Å². The summed E-state index contributed by atoms with van der Waals surface area (Å²) in [5.74, 6) is 0.104. The van der Waals surface area contributed by atoms with Crippen molar-refractivity contribution in [3.63, 3.8) is 0 Å². The Bertz CT molecular complexity index is 699. The molecule has 0 bridgehead atoms. The third-order valence-corrected chi connectivity index (χ3v) is 3.81. The molecular formula is C20H25N3O2. The quantitative estimate of drug-likeness (QED) is 0.777. The Balaban J connectivity index is 1.86. The first kappa shape index (κ1) is 18.6. The zero-order chi connectivity index (χ0) is 18.1. The monoisotopic (exact) mass is 339 g/mol. The smallest absolute Gasteiger partial charge is 0.252 e. The van der Waals surface area contributed by atoms with Crippen LogP contribution in [0.15, 0.2) is 48.8 Å². The second kappa shape index (κ2) is 9.57. The van der Waals surface area contributed by atoms with Gasteiger partial charge in [-0.15, -0.1) is 0 Å². The van der Waals surface area contributed by atoms with Crippen LogP contribution >= 0.6 is 0 Å². The number of carbonyl (C=O) groups excluding carboxylic acids is 2. The van der Waals surface area contributed by atoms with Crippen molar-refractivity contribution in [1.82, 2.24) is 15.6 Å². The molecule has 0 aliphatic carbocycles. The topological polar surface area (TPSA) is 71.1 Å². The van der Waals surface area contributed by atoms with Crippen LogP contribution in [0.2, 0.25) is 0 Å². The lowest BCUT2D eigenvalue weighted by Gasteiger charge is -2.08. The normalized spacial score (nSPS) is 10.5. The number of aromatic nitrogens is 1. The minimum atomic E-state index is -0.222. The lowest BCUT2D eigenvalue weighted by Crippen LogP contribution is -2.28. The molecule has 1 aromatic heterocycles. The summed E-state index contributed by atoms with van der Waals surface area (Å²) in [5, 5.41) is 5.71. The van der Waals surface area contributed by atoms with Crippen molar-refractivity contribution < 1.29 is 9.59 Å². The Hall–Kier alpha value is -2.69. The summed E-state index contributed by atoms with van der Waals surface area (Å²) in [6.07, 6.45) is 4.63. The zero-order valence-corrected chi connectivity index (χ0v) is 14.8. The molecular weight excluding hydrogens is 314 g/mol. The lowest BCUT2D eigenvalue weighted by molar-refractivity contribution is 0.0951. The van der Waals surface area contributed by atoms with E-state index in [0.717, 1.165) is 12.8 Å². The van der Waals surface area contributed by atoms with Crippen molar-refractivity contribution in [2.75, 3.05) is 13.1 Å². The summed E-state index contributed by atoms with van der Waals surface area (Å²) in [6.45, 7) is 5.36. The molecule has 5 heteroatoms. The second-order valence-corrected chi connectivity index (χ2v) is 6.39. The van der Waals surface area contributed by atoms with Crippen LogP contribution < -0.4 is 10.6 Å². The van der Waals surface area contributed by atoms with E-state index in [2.05, 4.69) is 29.5 Å². The predicted octanol–water partition coefficient (Wildman–Crippen LogP) is 2.83. The van der Waals surface area contributed by atoms with Gasteiger partial charge in [0.25, 0.3) is 11.8 Å². The fourth-order valence-electron chi connectivity index (χ4n) is 2.33. The summed E-state index contributed by atoms with van der Waals surface area (Å²) in [7, 11) is 0. The number of carbonyl (C=O) groups is 2. The summed E-state index contributed by atoms with van der Waals surface area (Å²) in [4.78, 5) is 28.4. The maximum Gasteiger partial charge on any atom is 0.252 e. The molecule has 0 saturated heterocycles. The Morgan fingerprint density at radius 1 is 0.960 bits per heavy atom. The van der Waals surface area contributed by atoms with E-state index >= 15 is 0 Å². The zero-order valence-electron chi connectivity index (χ0n) is 14.8. The third kappa shape index (κ3) is 6.37. The van der Waals surface area contributed by atoms with Gasteiger partial charge in [0, 0.05) is 25.5 Å². The standard InChI is InChI=1S/C20H25N3O2/c1-15(2)8-10-22-19(24)17-12-18(14-21-13-17)20(25)23-11-9-16-6-4-3-5-7-16/h3-7,12-15H,8-11H2,1-2H3,(H,22,24)(H,23,25). The summed E-state index contributed by atoms with van der Waals surface area (Å²) >= 11 is 0. The van der Waals surface area contributed by atoms with Crippen molar-refractivity contribution >= 4 is 11.8 Å². The number of rotatable bonds is 8. The van der Waals surface area contributed by atoms with Gasteiger partial charge in [-0.05, 0) is 30.4 Å². The molecule has 0 radical (unpaired) electrons. The average molecular weight is 339 g/mol. The summed E-state index contributed by atoms with van der Waals surface area (Å²) in [6, 6.07) is 11.5. The van der Waals surface area contributed by atoms with Gasteiger partial charge in [-0.25, -0.2) is 0 Å². The van der Waals surface area contributed by atoms with E-state index in [1.54, 1.807) is 6.07 Å². The van der Waals surface area contributed by atoms with Crippen LogP contribution in [0.4, 0.5) is 0 Å². The predicted molar refractivity (Wildman–Crippen MR) is 98.5 cm³/mol. The molecule has 0 aliphatic heterocycles. The van der Waals surface area contributed by atoms with Gasteiger partial charge in [0.1, 0.15) is 0 Å². The van der Waals surface area contributed by atoms with Crippen LogP contribution in [0.3, 0.4) is 0 Å². The largest absolute Gasteiger partial charge is 0.352 e. The fourth-order valence-corrected chi connectivity index (χ4v) is 2.33. The molecule has 2 rings (SSSR count). The highest BCUT2D eigenvalue weighted by Crippen LogP contribution is 2.04. The van der Waals surface area contributed by atoms with E-state index in [9.17, 15) is 9.59 Å². The van der Waals surface area contributed by atoms with Crippen LogP contribution in [-0.2, 0) is 6.42 Å². The van der Waals surface area contributed by atoms with Crippen LogP contribution in [0.25, 0.3) is 0 Å². The number of hydrogen-bond acceptors (Lipinski definition) is 3. The van der Waals surface area contributed by atoms with E-state index in [1.807, 2.05) is 30.3 Å². The average Bonchev–Trinajstić information content (AvgIpc) is 2.62. The highest BCUT2D eigenvalue weighted by atomic mass is 16.2. The van der Waals surface area contributed by atoms with E-state index in [0.29, 0.717) is 30.1 Å². The minimum absolute atomic E-state index is 0.202. The van der Waals surface area contributed by atoms with Crippen LogP contribution in [0.1, 0.15) is 46.5 Å². The van der Waals surface area contributed by atoms with Gasteiger partial charge >= 0.3 is 0 Å². The van der Waals surface area contributed by atoms with Gasteiger partial charge in [0.05, 0.1) is 11.1 Å². The van der Waals surface area contributed by atoms with Crippen LogP contribution in [0, 0.1) is 5.92 Å². The van der Waals surface area contributed by atoms with Crippen molar-refractivity contribution in [2.45, 2.75) is 26.7 Å². The first-order valence-corrected chi connectivity index (χ1v) is 8.61. The number of nitrogens with zero attached hydrogens (tertiary/aromatic N) is 1. The molecule has 0 atom stereocenters. The van der Waals surface area contributed by atoms with E-state index in [1.165, 1.54) is 18.0 Å². The lowest BCUT2D eigenvalue weighted by atomic mass is 10.1. The van der Waals surface area contributed by atoms with E-state index < -0.39 is 0 Å². The third-order valence-electron chi connectivity index (χ3n) is 3.81. The molecule has 2 amide bonds. The Morgan fingerprint density at radius 2 is 1.56 bits per heavy atom. The van der Waals surface area contributed by atoms with Crippen LogP contribution in [0.5, 0.6) is 0 Å². The molecule has 5 nitrogen and oxygen atoms in total. The molecule has 2 aromatic rings. The van der Waals surface area contributed by atoms with Gasteiger partial charge in [0.2, 0.25) is 0 Å². The highest BCUT2D eigenvalue weighted by Gasteiger charge is 2.11. The van der Waals surface area contributed by atoms with E-state index in [4.69, 9.17) is 0 Å². The number of nitrogens with one attached hydrogen (secondary N) is 2. The number of benzene rings is 1. The first-order valence-electron chi connectivity index (χ1n) is 8.61. The molecule has 0 fully saturated rings. The van der Waals surface area contributed by atoms with Gasteiger partial charge < -0.3 is 10.6 Å². The molecule has 1 heterocycles. The van der Waals surface area contributed by atoms with Crippen LogP contribution in [-0.4, -0.2) is 29.9 Å². The molecule has 2 N–H and O–H groups in total. The van der Waals surface area contributed by atoms with Crippen molar-refractivity contribution in [2.24, 2.45) is 5.92 Å². The maximum absolute atomic E-state index is 12.2. The van der Waals surface area contributed by atoms with Gasteiger partial charge in [-0.1, -0.05) is 44.2 Å². The van der Waals surface area contributed by atoms with Gasteiger partial charge in [0.15, 0.2) is 0 Å². The number of pyridine rings is 1. The molecule has 1 aromatic carbocycles. The van der Waals surface area contributed by atoms with Gasteiger partial charge in [-0.2, -0.15) is 0 Å².